The van der Waals surface area contributed by atoms with Crippen LogP contribution in [-0.2, 0) is 19.4 Å². The number of nitrogens with one attached hydrogen (secondary N) is 1. The van der Waals surface area contributed by atoms with E-state index in [9.17, 15) is 4.79 Å². The summed E-state index contributed by atoms with van der Waals surface area (Å²) in [6.07, 6.45) is 6.25. The van der Waals surface area contributed by atoms with Crippen molar-refractivity contribution in [2.24, 2.45) is 0 Å². The molecule has 1 aliphatic carbocycles. The van der Waals surface area contributed by atoms with E-state index in [1.165, 1.54) is 24.8 Å². The van der Waals surface area contributed by atoms with E-state index in [0.29, 0.717) is 11.5 Å². The van der Waals surface area contributed by atoms with Gasteiger partial charge in [0, 0.05) is 24.6 Å². The van der Waals surface area contributed by atoms with Crippen LogP contribution in [0.25, 0.3) is 0 Å². The lowest BCUT2D eigenvalue weighted by Gasteiger charge is -2.23. The van der Waals surface area contributed by atoms with Crippen molar-refractivity contribution >= 4 is 5.91 Å². The molecule has 7 heteroatoms. The number of hydrogen-bond acceptors (Lipinski definition) is 6. The van der Waals surface area contributed by atoms with Crippen molar-refractivity contribution in [2.75, 3.05) is 13.1 Å². The lowest BCUT2D eigenvalue weighted by atomic mass is 9.92. The molecule has 1 saturated heterocycles. The summed E-state index contributed by atoms with van der Waals surface area (Å²) < 4.78 is 10.7. The first kappa shape index (κ1) is 15.4. The highest BCUT2D eigenvalue weighted by Gasteiger charge is 2.29. The number of fused-ring (bicyclic) bond motifs is 1. The molecule has 2 aromatic rings. The van der Waals surface area contributed by atoms with Crippen LogP contribution in [0.15, 0.2) is 15.3 Å². The Kier molecular flexibility index (Phi) is 4.10. The van der Waals surface area contributed by atoms with Crippen LogP contribution in [0.1, 0.15) is 52.5 Å². The van der Waals surface area contributed by atoms with Gasteiger partial charge in [-0.25, -0.2) is 4.98 Å². The number of aromatic nitrogens is 2. The SMILES string of the molecule is Cc1ncoc1C(=O)NC1CCc2onc(CN3CCCC3)c2C1. The minimum atomic E-state index is -0.198. The number of carbonyl (C=O) groups is 1. The number of rotatable bonds is 4. The molecule has 3 heterocycles. The van der Waals surface area contributed by atoms with Gasteiger partial charge in [0.05, 0.1) is 5.69 Å². The van der Waals surface area contributed by atoms with E-state index in [0.717, 1.165) is 50.4 Å². The summed E-state index contributed by atoms with van der Waals surface area (Å²) in [7, 11) is 0. The predicted octanol–water partition coefficient (Wildman–Crippen LogP) is 1.85. The Bertz CT molecular complexity index is 730. The molecule has 2 aromatic heterocycles. The fourth-order valence-electron chi connectivity index (χ4n) is 3.63. The van der Waals surface area contributed by atoms with Gasteiger partial charge in [-0.05, 0) is 45.7 Å². The molecule has 1 fully saturated rings. The standard InChI is InChI=1S/C17H22N4O3/c1-11-16(23-10-18-11)17(22)19-12-4-5-15-13(8-12)14(20-24-15)9-21-6-2-3-7-21/h10,12H,2-9H2,1H3,(H,19,22). The molecule has 0 saturated carbocycles. The maximum absolute atomic E-state index is 12.3. The molecule has 2 aliphatic rings. The van der Waals surface area contributed by atoms with Crippen LogP contribution < -0.4 is 5.32 Å². The Morgan fingerprint density at radius 1 is 1.42 bits per heavy atom. The number of likely N-dealkylation sites (tertiary alicyclic amines) is 1. The van der Waals surface area contributed by atoms with E-state index < -0.39 is 0 Å². The van der Waals surface area contributed by atoms with Crippen LogP contribution >= 0.6 is 0 Å². The number of oxazole rings is 1. The molecular formula is C17H22N4O3. The molecule has 0 radical (unpaired) electrons. The normalized spacial score (nSPS) is 21.0. The highest BCUT2D eigenvalue weighted by molar-refractivity contribution is 5.92. The van der Waals surface area contributed by atoms with Gasteiger partial charge in [-0.15, -0.1) is 0 Å². The second kappa shape index (κ2) is 6.39. The largest absolute Gasteiger partial charge is 0.438 e. The lowest BCUT2D eigenvalue weighted by molar-refractivity contribution is 0.0903. The first-order chi connectivity index (χ1) is 11.7. The molecule has 7 nitrogen and oxygen atoms in total. The quantitative estimate of drug-likeness (QED) is 0.921. The van der Waals surface area contributed by atoms with E-state index in [1.807, 2.05) is 0 Å². The predicted molar refractivity (Wildman–Crippen MR) is 85.5 cm³/mol. The average molecular weight is 330 g/mol. The molecule has 128 valence electrons. The van der Waals surface area contributed by atoms with E-state index in [2.05, 4.69) is 20.4 Å². The minimum Gasteiger partial charge on any atom is -0.438 e. The van der Waals surface area contributed by atoms with Gasteiger partial charge in [-0.1, -0.05) is 5.16 Å². The molecule has 4 rings (SSSR count). The number of amides is 1. The summed E-state index contributed by atoms with van der Waals surface area (Å²) in [5.74, 6) is 1.07. The van der Waals surface area contributed by atoms with E-state index in [-0.39, 0.29) is 11.9 Å². The van der Waals surface area contributed by atoms with Crippen molar-refractivity contribution in [1.82, 2.24) is 20.4 Å². The van der Waals surface area contributed by atoms with E-state index >= 15 is 0 Å². The van der Waals surface area contributed by atoms with Crippen molar-refractivity contribution in [3.63, 3.8) is 0 Å². The van der Waals surface area contributed by atoms with Crippen LogP contribution in [0, 0.1) is 6.92 Å². The van der Waals surface area contributed by atoms with Crippen LogP contribution in [0.5, 0.6) is 0 Å². The average Bonchev–Trinajstić information content (AvgIpc) is 3.30. The molecule has 1 amide bonds. The zero-order valence-electron chi connectivity index (χ0n) is 13.9. The smallest absolute Gasteiger partial charge is 0.289 e. The van der Waals surface area contributed by atoms with Gasteiger partial charge >= 0.3 is 0 Å². The molecule has 0 spiro atoms. The monoisotopic (exact) mass is 330 g/mol. The maximum Gasteiger partial charge on any atom is 0.289 e. The Hall–Kier alpha value is -2.15. The Balaban J connectivity index is 1.44. The zero-order valence-corrected chi connectivity index (χ0v) is 13.9. The summed E-state index contributed by atoms with van der Waals surface area (Å²) in [5, 5.41) is 7.34. The van der Waals surface area contributed by atoms with Gasteiger partial charge in [-0.2, -0.15) is 0 Å². The van der Waals surface area contributed by atoms with E-state index in [1.54, 1.807) is 6.92 Å². The molecule has 1 aliphatic heterocycles. The van der Waals surface area contributed by atoms with Crippen molar-refractivity contribution in [3.05, 3.63) is 34.9 Å². The maximum atomic E-state index is 12.3. The summed E-state index contributed by atoms with van der Waals surface area (Å²) in [6, 6.07) is 0.0752. The minimum absolute atomic E-state index is 0.0752. The Labute approximate surface area is 140 Å². The third-order valence-corrected chi connectivity index (χ3v) is 4.98. The van der Waals surface area contributed by atoms with Crippen LogP contribution in [0.4, 0.5) is 0 Å². The molecule has 1 N–H and O–H groups in total. The van der Waals surface area contributed by atoms with Crippen molar-refractivity contribution < 1.29 is 13.7 Å². The number of nitrogens with zero attached hydrogens (tertiary/aromatic N) is 3. The molecule has 0 aromatic carbocycles. The molecule has 1 atom stereocenters. The van der Waals surface area contributed by atoms with Crippen LogP contribution in [-0.4, -0.2) is 40.1 Å². The summed E-state index contributed by atoms with van der Waals surface area (Å²) in [5.41, 5.74) is 2.82. The topological polar surface area (TPSA) is 84.4 Å². The van der Waals surface area contributed by atoms with Gasteiger partial charge in [0.25, 0.3) is 5.91 Å². The number of carbonyl (C=O) groups excluding carboxylic acids is 1. The van der Waals surface area contributed by atoms with Gasteiger partial charge in [0.1, 0.15) is 11.5 Å². The lowest BCUT2D eigenvalue weighted by Crippen LogP contribution is -2.39. The summed E-state index contributed by atoms with van der Waals surface area (Å²) >= 11 is 0. The highest BCUT2D eigenvalue weighted by atomic mass is 16.5. The second-order valence-electron chi connectivity index (χ2n) is 6.69. The first-order valence-electron chi connectivity index (χ1n) is 8.60. The van der Waals surface area contributed by atoms with Gasteiger partial charge in [0.15, 0.2) is 6.39 Å². The third-order valence-electron chi connectivity index (χ3n) is 4.98. The van der Waals surface area contributed by atoms with E-state index in [4.69, 9.17) is 8.94 Å². The second-order valence-corrected chi connectivity index (χ2v) is 6.69. The van der Waals surface area contributed by atoms with Crippen molar-refractivity contribution in [1.29, 1.82) is 0 Å². The first-order valence-corrected chi connectivity index (χ1v) is 8.60. The van der Waals surface area contributed by atoms with Crippen molar-refractivity contribution in [2.45, 2.75) is 51.6 Å². The third kappa shape index (κ3) is 2.96. The van der Waals surface area contributed by atoms with Crippen molar-refractivity contribution in [3.8, 4) is 0 Å². The van der Waals surface area contributed by atoms with Crippen LogP contribution in [0.2, 0.25) is 0 Å². The van der Waals surface area contributed by atoms with Crippen LogP contribution in [0.3, 0.4) is 0 Å². The fraction of sp³-hybridized carbons (Fsp3) is 0.588. The number of hydrogen-bond donors (Lipinski definition) is 1. The summed E-state index contributed by atoms with van der Waals surface area (Å²) in [4.78, 5) is 18.7. The molecule has 24 heavy (non-hydrogen) atoms. The highest BCUT2D eigenvalue weighted by Crippen LogP contribution is 2.26. The summed E-state index contributed by atoms with van der Waals surface area (Å²) in [6.45, 7) is 4.88. The molecule has 0 bridgehead atoms. The van der Waals surface area contributed by atoms with Gasteiger partial charge < -0.3 is 14.3 Å². The molecule has 1 unspecified atom stereocenters. The van der Waals surface area contributed by atoms with Gasteiger partial charge in [-0.3, -0.25) is 9.69 Å². The molecular weight excluding hydrogens is 308 g/mol. The number of aryl methyl sites for hydroxylation is 2. The fourth-order valence-corrected chi connectivity index (χ4v) is 3.63. The Morgan fingerprint density at radius 3 is 3.00 bits per heavy atom. The Morgan fingerprint density at radius 2 is 2.25 bits per heavy atom. The zero-order chi connectivity index (χ0) is 16.5. The van der Waals surface area contributed by atoms with Gasteiger partial charge in [0.2, 0.25) is 5.76 Å².